The summed E-state index contributed by atoms with van der Waals surface area (Å²) in [4.78, 5) is 17.7. The first-order valence-corrected chi connectivity index (χ1v) is 8.03. The van der Waals surface area contributed by atoms with Crippen molar-refractivity contribution in [3.8, 4) is 0 Å². The fourth-order valence-corrected chi connectivity index (χ4v) is 3.54. The topological polar surface area (TPSA) is 42.4 Å². The molecule has 1 unspecified atom stereocenters. The van der Waals surface area contributed by atoms with E-state index in [9.17, 15) is 18.0 Å². The van der Waals surface area contributed by atoms with Gasteiger partial charge in [0, 0.05) is 18.5 Å². The Morgan fingerprint density at radius 1 is 1.55 bits per heavy atom. The van der Waals surface area contributed by atoms with Crippen LogP contribution in [0.3, 0.4) is 0 Å². The van der Waals surface area contributed by atoms with Gasteiger partial charge in [0.05, 0.1) is 12.0 Å². The molecule has 0 amide bonds. The molecule has 1 aliphatic heterocycles. The third-order valence-corrected chi connectivity index (χ3v) is 5.04. The molecule has 2 rings (SSSR count). The molecular weight excluding hydrogens is 317 g/mol. The molecule has 0 N–H and O–H groups in total. The SMILES string of the molecule is CCOC(=O)C1(C(C)C)CCN(c2nc(C(F)(F)F)cs2)C1. The minimum absolute atomic E-state index is 0.0404. The second kappa shape index (κ2) is 6.06. The lowest BCUT2D eigenvalue weighted by Crippen LogP contribution is -2.40. The van der Waals surface area contributed by atoms with Crippen LogP contribution in [-0.4, -0.2) is 30.6 Å². The molecule has 1 atom stereocenters. The summed E-state index contributed by atoms with van der Waals surface area (Å²) >= 11 is 0.954. The van der Waals surface area contributed by atoms with E-state index in [1.54, 1.807) is 11.8 Å². The van der Waals surface area contributed by atoms with Gasteiger partial charge >= 0.3 is 12.1 Å². The molecule has 22 heavy (non-hydrogen) atoms. The van der Waals surface area contributed by atoms with Crippen LogP contribution in [0.5, 0.6) is 0 Å². The number of esters is 1. The van der Waals surface area contributed by atoms with Crippen molar-refractivity contribution in [2.45, 2.75) is 33.4 Å². The largest absolute Gasteiger partial charge is 0.466 e. The Bertz CT molecular complexity index is 544. The van der Waals surface area contributed by atoms with Crippen molar-refractivity contribution in [2.75, 3.05) is 24.6 Å². The zero-order valence-electron chi connectivity index (χ0n) is 12.7. The van der Waals surface area contributed by atoms with Crippen LogP contribution in [0.1, 0.15) is 32.9 Å². The van der Waals surface area contributed by atoms with Gasteiger partial charge in [-0.2, -0.15) is 13.2 Å². The molecule has 1 aliphatic rings. The van der Waals surface area contributed by atoms with Gasteiger partial charge in [-0.05, 0) is 19.3 Å². The summed E-state index contributed by atoms with van der Waals surface area (Å²) in [5, 5.41) is 1.31. The molecule has 0 aliphatic carbocycles. The van der Waals surface area contributed by atoms with Gasteiger partial charge < -0.3 is 9.64 Å². The first kappa shape index (κ1) is 17.1. The summed E-state index contributed by atoms with van der Waals surface area (Å²) in [5.74, 6) is -0.237. The number of carbonyl (C=O) groups excluding carboxylic acids is 1. The Morgan fingerprint density at radius 2 is 2.23 bits per heavy atom. The maximum absolute atomic E-state index is 12.6. The number of carbonyl (C=O) groups is 1. The quantitative estimate of drug-likeness (QED) is 0.788. The maximum atomic E-state index is 12.6. The maximum Gasteiger partial charge on any atom is 0.434 e. The molecule has 8 heteroatoms. The lowest BCUT2D eigenvalue weighted by Gasteiger charge is -2.30. The summed E-state index contributed by atoms with van der Waals surface area (Å²) in [7, 11) is 0. The van der Waals surface area contributed by atoms with Crippen molar-refractivity contribution in [3.05, 3.63) is 11.1 Å². The van der Waals surface area contributed by atoms with Crippen molar-refractivity contribution in [3.63, 3.8) is 0 Å². The number of halogens is 3. The van der Waals surface area contributed by atoms with Gasteiger partial charge in [-0.1, -0.05) is 13.8 Å². The van der Waals surface area contributed by atoms with Gasteiger partial charge in [-0.3, -0.25) is 4.79 Å². The lowest BCUT2D eigenvalue weighted by molar-refractivity contribution is -0.157. The van der Waals surface area contributed by atoms with Crippen molar-refractivity contribution in [1.29, 1.82) is 0 Å². The number of hydrogen-bond acceptors (Lipinski definition) is 5. The number of thiazole rings is 1. The molecule has 1 aromatic rings. The summed E-state index contributed by atoms with van der Waals surface area (Å²) in [5.41, 5.74) is -1.56. The van der Waals surface area contributed by atoms with E-state index >= 15 is 0 Å². The zero-order chi connectivity index (χ0) is 16.5. The van der Waals surface area contributed by atoms with E-state index in [0.717, 1.165) is 16.7 Å². The Labute approximate surface area is 131 Å². The molecule has 0 spiro atoms. The minimum Gasteiger partial charge on any atom is -0.466 e. The average Bonchev–Trinajstić information content (AvgIpc) is 3.06. The van der Waals surface area contributed by atoms with Crippen LogP contribution >= 0.6 is 11.3 Å². The number of ether oxygens (including phenoxy) is 1. The van der Waals surface area contributed by atoms with Crippen molar-refractivity contribution < 1.29 is 22.7 Å². The normalized spacial score (nSPS) is 22.4. The minimum atomic E-state index is -4.44. The number of rotatable bonds is 4. The first-order chi connectivity index (χ1) is 10.2. The predicted octanol–water partition coefficient (Wildman–Crippen LogP) is 3.58. The molecule has 0 saturated carbocycles. The van der Waals surface area contributed by atoms with E-state index in [4.69, 9.17) is 4.74 Å². The number of hydrogen-bond donors (Lipinski definition) is 0. The van der Waals surface area contributed by atoms with Crippen LogP contribution < -0.4 is 4.90 Å². The first-order valence-electron chi connectivity index (χ1n) is 7.15. The molecule has 1 aromatic heterocycles. The molecule has 0 bridgehead atoms. The van der Waals surface area contributed by atoms with Crippen LogP contribution in [0.15, 0.2) is 5.38 Å². The zero-order valence-corrected chi connectivity index (χ0v) is 13.6. The fourth-order valence-electron chi connectivity index (χ4n) is 2.68. The number of anilines is 1. The van der Waals surface area contributed by atoms with Crippen LogP contribution in [-0.2, 0) is 15.7 Å². The number of nitrogens with zero attached hydrogens (tertiary/aromatic N) is 2. The summed E-state index contributed by atoms with van der Waals surface area (Å²) in [6.07, 6.45) is -3.88. The van der Waals surface area contributed by atoms with E-state index in [0.29, 0.717) is 31.2 Å². The molecule has 4 nitrogen and oxygen atoms in total. The number of alkyl halides is 3. The molecule has 0 aromatic carbocycles. The molecule has 0 radical (unpaired) electrons. The predicted molar refractivity (Wildman–Crippen MR) is 77.9 cm³/mol. The summed E-state index contributed by atoms with van der Waals surface area (Å²) in [6, 6.07) is 0. The van der Waals surface area contributed by atoms with Gasteiger partial charge in [-0.25, -0.2) is 4.98 Å². The molecule has 1 saturated heterocycles. The van der Waals surface area contributed by atoms with Crippen molar-refractivity contribution in [1.82, 2.24) is 4.98 Å². The second-order valence-corrected chi connectivity index (χ2v) is 6.55. The van der Waals surface area contributed by atoms with Gasteiger partial charge in [0.15, 0.2) is 10.8 Å². The fraction of sp³-hybridized carbons (Fsp3) is 0.714. The average molecular weight is 336 g/mol. The third kappa shape index (κ3) is 3.06. The van der Waals surface area contributed by atoms with E-state index < -0.39 is 17.3 Å². The Balaban J connectivity index is 2.20. The highest BCUT2D eigenvalue weighted by Crippen LogP contribution is 2.42. The molecule has 124 valence electrons. The Kier molecular flexibility index (Phi) is 4.70. The molecule has 2 heterocycles. The van der Waals surface area contributed by atoms with Crippen LogP contribution in [0.2, 0.25) is 0 Å². The lowest BCUT2D eigenvalue weighted by atomic mass is 9.76. The van der Waals surface area contributed by atoms with E-state index in [-0.39, 0.29) is 11.9 Å². The van der Waals surface area contributed by atoms with Gasteiger partial charge in [0.1, 0.15) is 0 Å². The number of aromatic nitrogens is 1. The monoisotopic (exact) mass is 336 g/mol. The Hall–Kier alpha value is -1.31. The Morgan fingerprint density at radius 3 is 2.73 bits per heavy atom. The summed E-state index contributed by atoms with van der Waals surface area (Å²) in [6.45, 7) is 6.75. The van der Waals surface area contributed by atoms with Crippen LogP contribution in [0, 0.1) is 11.3 Å². The second-order valence-electron chi connectivity index (χ2n) is 5.72. The third-order valence-electron chi connectivity index (χ3n) is 4.14. The summed E-state index contributed by atoms with van der Waals surface area (Å²) < 4.78 is 43.1. The van der Waals surface area contributed by atoms with Gasteiger partial charge in [0.25, 0.3) is 0 Å². The van der Waals surface area contributed by atoms with Gasteiger partial charge in [-0.15, -0.1) is 11.3 Å². The van der Waals surface area contributed by atoms with E-state index in [2.05, 4.69) is 4.98 Å². The van der Waals surface area contributed by atoms with Crippen LogP contribution in [0.4, 0.5) is 18.3 Å². The van der Waals surface area contributed by atoms with Crippen molar-refractivity contribution in [2.24, 2.45) is 11.3 Å². The van der Waals surface area contributed by atoms with Gasteiger partial charge in [0.2, 0.25) is 0 Å². The standard InChI is InChI=1S/C14H19F3N2O2S/c1-4-21-11(20)13(9(2)3)5-6-19(8-13)12-18-10(7-22-12)14(15,16)17/h7,9H,4-6,8H2,1-3H3. The smallest absolute Gasteiger partial charge is 0.434 e. The highest BCUT2D eigenvalue weighted by molar-refractivity contribution is 7.13. The molecule has 1 fully saturated rings. The molecular formula is C14H19F3N2O2S. The van der Waals surface area contributed by atoms with E-state index in [1.165, 1.54) is 0 Å². The van der Waals surface area contributed by atoms with Crippen molar-refractivity contribution >= 4 is 22.4 Å². The highest BCUT2D eigenvalue weighted by Gasteiger charge is 2.49. The van der Waals surface area contributed by atoms with Crippen LogP contribution in [0.25, 0.3) is 0 Å². The van der Waals surface area contributed by atoms with E-state index in [1.807, 2.05) is 13.8 Å². The highest BCUT2D eigenvalue weighted by atomic mass is 32.1.